The van der Waals surface area contributed by atoms with Crippen molar-refractivity contribution in [2.75, 3.05) is 11.9 Å². The first-order valence-electron chi connectivity index (χ1n) is 6.17. The zero-order valence-electron chi connectivity index (χ0n) is 11.0. The van der Waals surface area contributed by atoms with E-state index in [1.165, 1.54) is 12.1 Å². The summed E-state index contributed by atoms with van der Waals surface area (Å²) in [5, 5.41) is 2.51. The van der Waals surface area contributed by atoms with E-state index in [-0.39, 0.29) is 12.1 Å². The van der Waals surface area contributed by atoms with E-state index >= 15 is 0 Å². The molecule has 0 unspecified atom stereocenters. The van der Waals surface area contributed by atoms with Gasteiger partial charge in [0, 0.05) is 5.56 Å². The van der Waals surface area contributed by atoms with Crippen molar-refractivity contribution in [3.05, 3.63) is 65.2 Å². The van der Waals surface area contributed by atoms with E-state index in [1.54, 1.807) is 24.3 Å². The minimum absolute atomic E-state index is 0.181. The van der Waals surface area contributed by atoms with Gasteiger partial charge in [0.15, 0.2) is 11.6 Å². The molecule has 0 fully saturated rings. The molecule has 0 radical (unpaired) electrons. The van der Waals surface area contributed by atoms with Gasteiger partial charge in [-0.05, 0) is 24.3 Å². The van der Waals surface area contributed by atoms with Crippen molar-refractivity contribution in [1.29, 1.82) is 0 Å². The summed E-state index contributed by atoms with van der Waals surface area (Å²) in [6.45, 7) is 0.181. The van der Waals surface area contributed by atoms with Crippen LogP contribution in [0.15, 0.2) is 42.5 Å². The lowest BCUT2D eigenvalue weighted by Gasteiger charge is -2.08. The van der Waals surface area contributed by atoms with Gasteiger partial charge in [0.05, 0.1) is 17.8 Å². The van der Waals surface area contributed by atoms with Gasteiger partial charge in [0.2, 0.25) is 0 Å². The van der Waals surface area contributed by atoms with Crippen LogP contribution in [0.2, 0.25) is 0 Å². The van der Waals surface area contributed by atoms with Crippen LogP contribution in [-0.4, -0.2) is 12.5 Å². The van der Waals surface area contributed by atoms with Crippen LogP contribution in [0.1, 0.15) is 15.9 Å². The summed E-state index contributed by atoms with van der Waals surface area (Å²) in [6.07, 6.45) is 0. The van der Waals surface area contributed by atoms with Gasteiger partial charge in [-0.25, -0.2) is 8.78 Å². The van der Waals surface area contributed by atoms with Gasteiger partial charge in [-0.1, -0.05) is 30.0 Å². The molecule has 21 heavy (non-hydrogen) atoms. The molecule has 0 atom stereocenters. The highest BCUT2D eigenvalue weighted by atomic mass is 19.2. The predicted octanol–water partition coefficient (Wildman–Crippen LogP) is 2.53. The van der Waals surface area contributed by atoms with Crippen LogP contribution in [0.5, 0.6) is 0 Å². The second-order valence-electron chi connectivity index (χ2n) is 4.11. The Labute approximate surface area is 120 Å². The number of nitrogens with one attached hydrogen (secondary N) is 1. The zero-order chi connectivity index (χ0) is 15.2. The fourth-order valence-electron chi connectivity index (χ4n) is 1.72. The summed E-state index contributed by atoms with van der Waals surface area (Å²) in [7, 11) is 0. The Hall–Kier alpha value is -2.71. The first kappa shape index (κ1) is 14.7. The average Bonchev–Trinajstić information content (AvgIpc) is 2.49. The number of carbonyl (C=O) groups is 1. The number of hydrogen-bond donors (Lipinski definition) is 2. The summed E-state index contributed by atoms with van der Waals surface area (Å²) in [6, 6.07) is 10.2. The standard InChI is InChI=1S/C16H12F2N2O/c17-13-8-3-7-12(15(13)18)16(21)20-14-9-2-1-5-11(14)6-4-10-19/h1-3,5,7-9H,10,19H2,(H,20,21). The number of anilines is 1. The molecule has 0 aliphatic heterocycles. The summed E-state index contributed by atoms with van der Waals surface area (Å²) in [4.78, 5) is 12.0. The van der Waals surface area contributed by atoms with E-state index < -0.39 is 17.5 Å². The number of benzene rings is 2. The maximum Gasteiger partial charge on any atom is 0.258 e. The first-order valence-corrected chi connectivity index (χ1v) is 6.17. The van der Waals surface area contributed by atoms with Crippen LogP contribution in [0, 0.1) is 23.5 Å². The number of rotatable bonds is 2. The summed E-state index contributed by atoms with van der Waals surface area (Å²) >= 11 is 0. The van der Waals surface area contributed by atoms with E-state index in [9.17, 15) is 13.6 Å². The Balaban J connectivity index is 2.30. The van der Waals surface area contributed by atoms with E-state index in [0.29, 0.717) is 11.3 Å². The van der Waals surface area contributed by atoms with Crippen molar-refractivity contribution in [1.82, 2.24) is 0 Å². The van der Waals surface area contributed by atoms with Crippen molar-refractivity contribution >= 4 is 11.6 Å². The molecule has 0 aliphatic carbocycles. The van der Waals surface area contributed by atoms with Crippen LogP contribution in [0.3, 0.4) is 0 Å². The Morgan fingerprint density at radius 2 is 1.90 bits per heavy atom. The fourth-order valence-corrected chi connectivity index (χ4v) is 1.72. The highest BCUT2D eigenvalue weighted by Crippen LogP contribution is 2.17. The lowest BCUT2D eigenvalue weighted by atomic mass is 10.1. The Bertz CT molecular complexity index is 733. The fraction of sp³-hybridized carbons (Fsp3) is 0.0625. The van der Waals surface area contributed by atoms with Gasteiger partial charge < -0.3 is 11.1 Å². The van der Waals surface area contributed by atoms with Gasteiger partial charge in [-0.15, -0.1) is 0 Å². The van der Waals surface area contributed by atoms with Crippen LogP contribution in [0.25, 0.3) is 0 Å². The van der Waals surface area contributed by atoms with Crippen molar-refractivity contribution in [3.63, 3.8) is 0 Å². The number of amides is 1. The smallest absolute Gasteiger partial charge is 0.258 e. The van der Waals surface area contributed by atoms with Crippen molar-refractivity contribution in [2.24, 2.45) is 5.73 Å². The van der Waals surface area contributed by atoms with Crippen molar-refractivity contribution < 1.29 is 13.6 Å². The van der Waals surface area contributed by atoms with Crippen molar-refractivity contribution in [3.8, 4) is 11.8 Å². The first-order chi connectivity index (χ1) is 10.1. The highest BCUT2D eigenvalue weighted by Gasteiger charge is 2.15. The average molecular weight is 286 g/mol. The quantitative estimate of drug-likeness (QED) is 0.834. The normalized spacial score (nSPS) is 9.67. The predicted molar refractivity (Wildman–Crippen MR) is 76.7 cm³/mol. The Morgan fingerprint density at radius 3 is 2.67 bits per heavy atom. The number of para-hydroxylation sites is 1. The molecule has 2 rings (SSSR count). The number of nitrogens with two attached hydrogens (primary N) is 1. The van der Waals surface area contributed by atoms with E-state index in [4.69, 9.17) is 5.73 Å². The largest absolute Gasteiger partial charge is 0.321 e. The molecule has 0 saturated heterocycles. The van der Waals surface area contributed by atoms with Gasteiger partial charge in [-0.3, -0.25) is 4.79 Å². The second-order valence-corrected chi connectivity index (χ2v) is 4.11. The van der Waals surface area contributed by atoms with E-state index in [1.807, 2.05) is 0 Å². The Morgan fingerprint density at radius 1 is 1.14 bits per heavy atom. The number of carbonyl (C=O) groups excluding carboxylic acids is 1. The molecule has 2 aromatic rings. The van der Waals surface area contributed by atoms with Gasteiger partial charge in [-0.2, -0.15) is 0 Å². The number of halogens is 2. The molecule has 3 N–H and O–H groups in total. The van der Waals surface area contributed by atoms with E-state index in [2.05, 4.69) is 17.2 Å². The lowest BCUT2D eigenvalue weighted by Crippen LogP contribution is -2.15. The third-order valence-corrected chi connectivity index (χ3v) is 2.70. The van der Waals surface area contributed by atoms with Crippen LogP contribution < -0.4 is 11.1 Å². The molecule has 106 valence electrons. The topological polar surface area (TPSA) is 55.1 Å². The minimum atomic E-state index is -1.18. The molecule has 5 heteroatoms. The highest BCUT2D eigenvalue weighted by molar-refractivity contribution is 6.05. The van der Waals surface area contributed by atoms with Gasteiger partial charge in [0.1, 0.15) is 0 Å². The molecule has 3 nitrogen and oxygen atoms in total. The van der Waals surface area contributed by atoms with Crippen LogP contribution in [0.4, 0.5) is 14.5 Å². The van der Waals surface area contributed by atoms with Gasteiger partial charge >= 0.3 is 0 Å². The molecular formula is C16H12F2N2O. The summed E-state index contributed by atoms with van der Waals surface area (Å²) < 4.78 is 26.7. The molecule has 0 aromatic heterocycles. The second kappa shape index (κ2) is 6.64. The van der Waals surface area contributed by atoms with Gasteiger partial charge in [0.25, 0.3) is 5.91 Å². The van der Waals surface area contributed by atoms with Crippen LogP contribution >= 0.6 is 0 Å². The molecule has 0 spiro atoms. The van der Waals surface area contributed by atoms with E-state index in [0.717, 1.165) is 6.07 Å². The molecule has 0 aliphatic rings. The third-order valence-electron chi connectivity index (χ3n) is 2.70. The minimum Gasteiger partial charge on any atom is -0.321 e. The maximum atomic E-state index is 13.6. The molecule has 0 bridgehead atoms. The molecule has 0 saturated carbocycles. The third kappa shape index (κ3) is 3.44. The summed E-state index contributed by atoms with van der Waals surface area (Å²) in [5.74, 6) is 2.48. The monoisotopic (exact) mass is 286 g/mol. The molecule has 1 amide bonds. The van der Waals surface area contributed by atoms with Crippen LogP contribution in [-0.2, 0) is 0 Å². The summed E-state index contributed by atoms with van der Waals surface area (Å²) in [5.41, 5.74) is 5.90. The molecule has 0 heterocycles. The molecular weight excluding hydrogens is 274 g/mol. The number of hydrogen-bond acceptors (Lipinski definition) is 2. The SMILES string of the molecule is NCC#Cc1ccccc1NC(=O)c1cccc(F)c1F. The lowest BCUT2D eigenvalue weighted by molar-refractivity contribution is 0.102. The molecule has 2 aromatic carbocycles. The van der Waals surface area contributed by atoms with Crippen molar-refractivity contribution in [2.45, 2.75) is 0 Å². The maximum absolute atomic E-state index is 13.6. The zero-order valence-corrected chi connectivity index (χ0v) is 11.0. The Kier molecular flexibility index (Phi) is 4.64.